The number of rotatable bonds is 6. The van der Waals surface area contributed by atoms with Crippen molar-refractivity contribution in [3.05, 3.63) is 29.8 Å². The highest BCUT2D eigenvalue weighted by Gasteiger charge is 2.02. The molecule has 1 rings (SSSR count). The van der Waals surface area contributed by atoms with Crippen LogP contribution in [0.4, 0.5) is 0 Å². The number of nitrogens with two attached hydrogens (primary N) is 1. The summed E-state index contributed by atoms with van der Waals surface area (Å²) in [5.74, 6) is 0.825. The Morgan fingerprint density at radius 1 is 1.35 bits per heavy atom. The molecule has 0 spiro atoms. The van der Waals surface area contributed by atoms with Crippen LogP contribution in [0.1, 0.15) is 12.0 Å². The first-order valence-corrected chi connectivity index (χ1v) is 5.36. The number of amides is 1. The average Bonchev–Trinajstić information content (AvgIpc) is 2.30. The van der Waals surface area contributed by atoms with Crippen LogP contribution in [-0.2, 0) is 11.2 Å². The van der Waals surface area contributed by atoms with E-state index in [0.717, 1.165) is 17.7 Å². The Morgan fingerprint density at radius 2 is 2.00 bits per heavy atom. The van der Waals surface area contributed by atoms with E-state index in [4.69, 9.17) is 10.5 Å². The summed E-state index contributed by atoms with van der Waals surface area (Å²) < 4.78 is 5.04. The SMILES string of the molecule is COc1ccc(CC(=O)NCCCN)cc1.Cl. The molecule has 1 aromatic carbocycles. The van der Waals surface area contributed by atoms with Crippen LogP contribution in [0.5, 0.6) is 5.75 Å². The number of hydrogen-bond acceptors (Lipinski definition) is 3. The van der Waals surface area contributed by atoms with E-state index in [9.17, 15) is 4.79 Å². The number of nitrogens with one attached hydrogen (secondary N) is 1. The number of carbonyl (C=O) groups is 1. The van der Waals surface area contributed by atoms with E-state index < -0.39 is 0 Å². The Bertz CT molecular complexity index is 328. The first kappa shape index (κ1) is 15.7. The number of ether oxygens (including phenoxy) is 1. The lowest BCUT2D eigenvalue weighted by atomic mass is 10.1. The number of carbonyl (C=O) groups excluding carboxylic acids is 1. The minimum atomic E-state index is 0. The lowest BCUT2D eigenvalue weighted by Crippen LogP contribution is -2.27. The topological polar surface area (TPSA) is 64.3 Å². The van der Waals surface area contributed by atoms with Gasteiger partial charge in [-0.15, -0.1) is 12.4 Å². The van der Waals surface area contributed by atoms with Gasteiger partial charge in [-0.05, 0) is 30.7 Å². The predicted octanol–water partition coefficient (Wildman–Crippen LogP) is 1.12. The fourth-order valence-electron chi connectivity index (χ4n) is 1.32. The lowest BCUT2D eigenvalue weighted by Gasteiger charge is -2.05. The standard InChI is InChI=1S/C12H18N2O2.ClH/c1-16-11-5-3-10(4-6-11)9-12(15)14-8-2-7-13;/h3-6H,2,7-9,13H2,1H3,(H,14,15);1H. The van der Waals surface area contributed by atoms with Crippen molar-refractivity contribution >= 4 is 18.3 Å². The van der Waals surface area contributed by atoms with Gasteiger partial charge in [-0.3, -0.25) is 4.79 Å². The van der Waals surface area contributed by atoms with Crippen LogP contribution in [0.25, 0.3) is 0 Å². The van der Waals surface area contributed by atoms with E-state index in [0.29, 0.717) is 19.5 Å². The molecule has 1 aromatic rings. The molecule has 0 saturated carbocycles. The van der Waals surface area contributed by atoms with Crippen molar-refractivity contribution in [1.82, 2.24) is 5.32 Å². The second-order valence-electron chi connectivity index (χ2n) is 3.52. The quantitative estimate of drug-likeness (QED) is 0.752. The third kappa shape index (κ3) is 6.14. The number of methoxy groups -OCH3 is 1. The van der Waals surface area contributed by atoms with Crippen LogP contribution < -0.4 is 15.8 Å². The highest BCUT2D eigenvalue weighted by Crippen LogP contribution is 2.11. The molecule has 0 atom stereocenters. The molecule has 17 heavy (non-hydrogen) atoms. The summed E-state index contributed by atoms with van der Waals surface area (Å²) in [6.07, 6.45) is 1.21. The summed E-state index contributed by atoms with van der Waals surface area (Å²) in [5.41, 5.74) is 6.31. The zero-order valence-corrected chi connectivity index (χ0v) is 10.8. The smallest absolute Gasteiger partial charge is 0.224 e. The molecule has 0 aliphatic heterocycles. The molecule has 4 nitrogen and oxygen atoms in total. The van der Waals surface area contributed by atoms with Gasteiger partial charge in [0.25, 0.3) is 0 Å². The molecule has 0 saturated heterocycles. The van der Waals surface area contributed by atoms with E-state index in [1.807, 2.05) is 24.3 Å². The van der Waals surface area contributed by atoms with Crippen molar-refractivity contribution in [1.29, 1.82) is 0 Å². The fourth-order valence-corrected chi connectivity index (χ4v) is 1.32. The van der Waals surface area contributed by atoms with Crippen molar-refractivity contribution in [3.8, 4) is 5.75 Å². The van der Waals surface area contributed by atoms with E-state index in [1.54, 1.807) is 7.11 Å². The van der Waals surface area contributed by atoms with E-state index in [-0.39, 0.29) is 18.3 Å². The Labute approximate surface area is 108 Å². The van der Waals surface area contributed by atoms with Crippen molar-refractivity contribution < 1.29 is 9.53 Å². The molecule has 5 heteroatoms. The van der Waals surface area contributed by atoms with Gasteiger partial charge in [-0.1, -0.05) is 12.1 Å². The molecule has 1 amide bonds. The molecular formula is C12H19ClN2O2. The molecule has 0 radical (unpaired) electrons. The molecule has 0 heterocycles. The van der Waals surface area contributed by atoms with Crippen LogP contribution in [0.15, 0.2) is 24.3 Å². The lowest BCUT2D eigenvalue weighted by molar-refractivity contribution is -0.120. The summed E-state index contributed by atoms with van der Waals surface area (Å²) in [6, 6.07) is 7.48. The highest BCUT2D eigenvalue weighted by molar-refractivity contribution is 5.85. The zero-order valence-electron chi connectivity index (χ0n) is 9.94. The van der Waals surface area contributed by atoms with Crippen molar-refractivity contribution in [3.63, 3.8) is 0 Å². The summed E-state index contributed by atoms with van der Waals surface area (Å²) in [7, 11) is 1.62. The fraction of sp³-hybridized carbons (Fsp3) is 0.417. The molecule has 0 aliphatic rings. The molecule has 0 bridgehead atoms. The molecule has 0 unspecified atom stereocenters. The van der Waals surface area contributed by atoms with Gasteiger partial charge >= 0.3 is 0 Å². The van der Waals surface area contributed by atoms with Crippen molar-refractivity contribution in [2.24, 2.45) is 5.73 Å². The van der Waals surface area contributed by atoms with E-state index >= 15 is 0 Å². The molecule has 0 fully saturated rings. The van der Waals surface area contributed by atoms with Gasteiger partial charge in [0.05, 0.1) is 13.5 Å². The Hall–Kier alpha value is -1.26. The van der Waals surface area contributed by atoms with Gasteiger partial charge in [0, 0.05) is 6.54 Å². The Kier molecular flexibility index (Phi) is 8.19. The monoisotopic (exact) mass is 258 g/mol. The van der Waals surface area contributed by atoms with E-state index in [2.05, 4.69) is 5.32 Å². The number of halogens is 1. The average molecular weight is 259 g/mol. The van der Waals surface area contributed by atoms with Crippen LogP contribution in [0, 0.1) is 0 Å². The third-order valence-corrected chi connectivity index (χ3v) is 2.23. The third-order valence-electron chi connectivity index (χ3n) is 2.23. The summed E-state index contributed by atoms with van der Waals surface area (Å²) >= 11 is 0. The maximum atomic E-state index is 11.5. The second-order valence-corrected chi connectivity index (χ2v) is 3.52. The van der Waals surface area contributed by atoms with Crippen molar-refractivity contribution in [2.75, 3.05) is 20.2 Å². The largest absolute Gasteiger partial charge is 0.497 e. The summed E-state index contributed by atoms with van der Waals surface area (Å²) in [6.45, 7) is 1.24. The minimum Gasteiger partial charge on any atom is -0.497 e. The maximum Gasteiger partial charge on any atom is 0.224 e. The summed E-state index contributed by atoms with van der Waals surface area (Å²) in [5, 5.41) is 2.81. The van der Waals surface area contributed by atoms with Crippen LogP contribution in [0.3, 0.4) is 0 Å². The Balaban J connectivity index is 0.00000256. The maximum absolute atomic E-state index is 11.5. The summed E-state index contributed by atoms with van der Waals surface area (Å²) in [4.78, 5) is 11.5. The minimum absolute atomic E-state index is 0. The van der Waals surface area contributed by atoms with Gasteiger partial charge in [0.2, 0.25) is 5.91 Å². The first-order chi connectivity index (χ1) is 7.76. The van der Waals surface area contributed by atoms with Crippen molar-refractivity contribution in [2.45, 2.75) is 12.8 Å². The molecule has 3 N–H and O–H groups in total. The van der Waals surface area contributed by atoms with Crippen LogP contribution in [-0.4, -0.2) is 26.1 Å². The van der Waals surface area contributed by atoms with Crippen LogP contribution in [0.2, 0.25) is 0 Å². The second kappa shape index (κ2) is 8.84. The van der Waals surface area contributed by atoms with Gasteiger partial charge in [0.15, 0.2) is 0 Å². The number of hydrogen-bond donors (Lipinski definition) is 2. The normalized spacial score (nSPS) is 9.29. The zero-order chi connectivity index (χ0) is 11.8. The molecule has 0 aliphatic carbocycles. The van der Waals surface area contributed by atoms with E-state index in [1.165, 1.54) is 0 Å². The first-order valence-electron chi connectivity index (χ1n) is 5.36. The molecule has 0 aromatic heterocycles. The van der Waals surface area contributed by atoms with Gasteiger partial charge in [-0.2, -0.15) is 0 Å². The predicted molar refractivity (Wildman–Crippen MR) is 70.6 cm³/mol. The van der Waals surface area contributed by atoms with Gasteiger partial charge in [-0.25, -0.2) is 0 Å². The van der Waals surface area contributed by atoms with Crippen LogP contribution >= 0.6 is 12.4 Å². The Morgan fingerprint density at radius 3 is 2.53 bits per heavy atom. The number of benzene rings is 1. The van der Waals surface area contributed by atoms with Gasteiger partial charge in [0.1, 0.15) is 5.75 Å². The molecule has 96 valence electrons. The highest BCUT2D eigenvalue weighted by atomic mass is 35.5. The molecular weight excluding hydrogens is 240 g/mol. The van der Waals surface area contributed by atoms with Gasteiger partial charge < -0.3 is 15.8 Å².